The van der Waals surface area contributed by atoms with Crippen molar-refractivity contribution < 1.29 is 14.3 Å². The van der Waals surface area contributed by atoms with E-state index in [1.54, 1.807) is 47.2 Å². The Morgan fingerprint density at radius 2 is 1.97 bits per heavy atom. The van der Waals surface area contributed by atoms with Gasteiger partial charge in [-0.05, 0) is 31.2 Å². The standard InChI is InChI=1S/C21H21N5O3/c1-2-29-21(28)19-17-14-25(20(27)15-6-10-22-11-7-15)12-8-18(17)26(24-19)13-16-5-3-4-9-23-16/h3-7,9-11H,2,8,12-14H2,1H3. The number of ether oxygens (including phenoxy) is 1. The van der Waals surface area contributed by atoms with Crippen molar-refractivity contribution in [3.05, 3.63) is 77.1 Å². The monoisotopic (exact) mass is 391 g/mol. The Morgan fingerprint density at radius 1 is 1.14 bits per heavy atom. The minimum Gasteiger partial charge on any atom is -0.461 e. The predicted octanol–water partition coefficient (Wildman–Crippen LogP) is 2.10. The minimum absolute atomic E-state index is 0.0923. The van der Waals surface area contributed by atoms with Crippen molar-refractivity contribution in [2.24, 2.45) is 0 Å². The Morgan fingerprint density at radius 3 is 2.69 bits per heavy atom. The van der Waals surface area contributed by atoms with Crippen LogP contribution in [0, 0.1) is 0 Å². The molecule has 0 aromatic carbocycles. The number of carbonyl (C=O) groups is 2. The molecule has 0 spiro atoms. The van der Waals surface area contributed by atoms with Gasteiger partial charge in [-0.25, -0.2) is 4.79 Å². The van der Waals surface area contributed by atoms with Gasteiger partial charge in [-0.3, -0.25) is 19.4 Å². The number of esters is 1. The predicted molar refractivity (Wildman–Crippen MR) is 104 cm³/mol. The topological polar surface area (TPSA) is 90.2 Å². The summed E-state index contributed by atoms with van der Waals surface area (Å²) >= 11 is 0. The number of fused-ring (bicyclic) bond motifs is 1. The zero-order valence-electron chi connectivity index (χ0n) is 16.1. The second-order valence-corrected chi connectivity index (χ2v) is 6.69. The lowest BCUT2D eigenvalue weighted by Crippen LogP contribution is -2.36. The van der Waals surface area contributed by atoms with Crippen LogP contribution in [0.5, 0.6) is 0 Å². The highest BCUT2D eigenvalue weighted by Gasteiger charge is 2.31. The van der Waals surface area contributed by atoms with Gasteiger partial charge in [0.15, 0.2) is 5.69 Å². The highest BCUT2D eigenvalue weighted by atomic mass is 16.5. The molecular weight excluding hydrogens is 370 g/mol. The van der Waals surface area contributed by atoms with Gasteiger partial charge in [-0.1, -0.05) is 6.07 Å². The van der Waals surface area contributed by atoms with Crippen LogP contribution in [0.4, 0.5) is 0 Å². The molecule has 0 bridgehead atoms. The maximum atomic E-state index is 12.9. The van der Waals surface area contributed by atoms with E-state index in [0.717, 1.165) is 17.0 Å². The molecule has 0 radical (unpaired) electrons. The Kier molecular flexibility index (Phi) is 5.33. The van der Waals surface area contributed by atoms with Crippen LogP contribution in [0.1, 0.15) is 44.7 Å². The van der Waals surface area contributed by atoms with Gasteiger partial charge in [0.2, 0.25) is 0 Å². The van der Waals surface area contributed by atoms with E-state index in [2.05, 4.69) is 15.1 Å². The first-order valence-corrected chi connectivity index (χ1v) is 9.52. The highest BCUT2D eigenvalue weighted by molar-refractivity contribution is 5.95. The lowest BCUT2D eigenvalue weighted by Gasteiger charge is -2.28. The number of nitrogens with zero attached hydrogens (tertiary/aromatic N) is 5. The molecule has 4 heterocycles. The zero-order valence-corrected chi connectivity index (χ0v) is 16.1. The molecular formula is C21H21N5O3. The quantitative estimate of drug-likeness (QED) is 0.619. The average molecular weight is 391 g/mol. The molecule has 0 aliphatic carbocycles. The zero-order chi connectivity index (χ0) is 20.2. The van der Waals surface area contributed by atoms with Gasteiger partial charge in [0.05, 0.1) is 25.4 Å². The molecule has 0 N–H and O–H groups in total. The summed E-state index contributed by atoms with van der Waals surface area (Å²) < 4.78 is 7.00. The normalized spacial score (nSPS) is 13.1. The summed E-state index contributed by atoms with van der Waals surface area (Å²) in [5, 5.41) is 4.53. The molecule has 148 valence electrons. The van der Waals surface area contributed by atoms with Crippen molar-refractivity contribution in [2.45, 2.75) is 26.4 Å². The number of rotatable bonds is 5. The van der Waals surface area contributed by atoms with Gasteiger partial charge >= 0.3 is 5.97 Å². The molecule has 4 rings (SSSR count). The van der Waals surface area contributed by atoms with Gasteiger partial charge in [0.1, 0.15) is 0 Å². The SMILES string of the molecule is CCOC(=O)c1nn(Cc2ccccn2)c2c1CN(C(=O)c1ccncc1)CC2. The van der Waals surface area contributed by atoms with Crippen LogP contribution in [0.25, 0.3) is 0 Å². The van der Waals surface area contributed by atoms with E-state index in [1.165, 1.54) is 0 Å². The average Bonchev–Trinajstić information content (AvgIpc) is 3.12. The fourth-order valence-corrected chi connectivity index (χ4v) is 3.48. The summed E-state index contributed by atoms with van der Waals surface area (Å²) in [5.74, 6) is -0.563. The minimum atomic E-state index is -0.471. The van der Waals surface area contributed by atoms with Crippen molar-refractivity contribution in [1.29, 1.82) is 0 Å². The van der Waals surface area contributed by atoms with Crippen LogP contribution in [-0.4, -0.2) is 49.7 Å². The van der Waals surface area contributed by atoms with Crippen molar-refractivity contribution in [3.63, 3.8) is 0 Å². The molecule has 0 atom stereocenters. The third-order valence-corrected chi connectivity index (χ3v) is 4.86. The lowest BCUT2D eigenvalue weighted by molar-refractivity contribution is 0.0513. The van der Waals surface area contributed by atoms with E-state index < -0.39 is 5.97 Å². The molecule has 0 saturated carbocycles. The number of hydrogen-bond acceptors (Lipinski definition) is 6. The van der Waals surface area contributed by atoms with Gasteiger partial charge in [0.25, 0.3) is 5.91 Å². The summed E-state index contributed by atoms with van der Waals surface area (Å²) in [4.78, 5) is 35.4. The van der Waals surface area contributed by atoms with Crippen molar-refractivity contribution in [1.82, 2.24) is 24.6 Å². The van der Waals surface area contributed by atoms with Crippen LogP contribution in [-0.2, 0) is 24.2 Å². The molecule has 8 heteroatoms. The smallest absolute Gasteiger partial charge is 0.359 e. The summed E-state index contributed by atoms with van der Waals surface area (Å²) in [7, 11) is 0. The Balaban J connectivity index is 1.66. The summed E-state index contributed by atoms with van der Waals surface area (Å²) in [6, 6.07) is 9.07. The molecule has 1 aliphatic heterocycles. The summed E-state index contributed by atoms with van der Waals surface area (Å²) in [6.45, 7) is 3.34. The van der Waals surface area contributed by atoms with Crippen molar-refractivity contribution in [2.75, 3.05) is 13.2 Å². The fourth-order valence-electron chi connectivity index (χ4n) is 3.48. The Bertz CT molecular complexity index is 1020. The number of amides is 1. The molecule has 0 unspecified atom stereocenters. The van der Waals surface area contributed by atoms with E-state index in [1.807, 2.05) is 18.2 Å². The van der Waals surface area contributed by atoms with Crippen LogP contribution in [0.3, 0.4) is 0 Å². The number of carbonyl (C=O) groups excluding carboxylic acids is 2. The van der Waals surface area contributed by atoms with E-state index in [-0.39, 0.29) is 18.2 Å². The van der Waals surface area contributed by atoms with E-state index in [0.29, 0.717) is 31.6 Å². The Hall–Kier alpha value is -3.55. The maximum absolute atomic E-state index is 12.9. The first-order chi connectivity index (χ1) is 14.2. The second kappa shape index (κ2) is 8.22. The molecule has 1 aliphatic rings. The Labute approximate surface area is 168 Å². The third kappa shape index (κ3) is 3.87. The molecule has 3 aromatic rings. The fraction of sp³-hybridized carbons (Fsp3) is 0.286. The van der Waals surface area contributed by atoms with E-state index in [9.17, 15) is 9.59 Å². The number of pyridine rings is 2. The first-order valence-electron chi connectivity index (χ1n) is 9.52. The second-order valence-electron chi connectivity index (χ2n) is 6.69. The van der Waals surface area contributed by atoms with Gasteiger partial charge in [0, 0.05) is 48.4 Å². The lowest BCUT2D eigenvalue weighted by atomic mass is 10.0. The molecule has 1 amide bonds. The summed E-state index contributed by atoms with van der Waals surface area (Å²) in [5.41, 5.74) is 3.38. The molecule has 0 fully saturated rings. The van der Waals surface area contributed by atoms with Gasteiger partial charge < -0.3 is 9.64 Å². The van der Waals surface area contributed by atoms with Crippen molar-refractivity contribution in [3.8, 4) is 0 Å². The third-order valence-electron chi connectivity index (χ3n) is 4.86. The number of aromatic nitrogens is 4. The molecule has 3 aromatic heterocycles. The van der Waals surface area contributed by atoms with Crippen LogP contribution < -0.4 is 0 Å². The molecule has 29 heavy (non-hydrogen) atoms. The van der Waals surface area contributed by atoms with Crippen LogP contribution >= 0.6 is 0 Å². The highest BCUT2D eigenvalue weighted by Crippen LogP contribution is 2.25. The maximum Gasteiger partial charge on any atom is 0.359 e. The van der Waals surface area contributed by atoms with E-state index in [4.69, 9.17) is 4.74 Å². The van der Waals surface area contributed by atoms with E-state index >= 15 is 0 Å². The number of hydrogen-bond donors (Lipinski definition) is 0. The van der Waals surface area contributed by atoms with Gasteiger partial charge in [-0.15, -0.1) is 0 Å². The van der Waals surface area contributed by atoms with Crippen LogP contribution in [0.2, 0.25) is 0 Å². The molecule has 8 nitrogen and oxygen atoms in total. The van der Waals surface area contributed by atoms with Crippen molar-refractivity contribution >= 4 is 11.9 Å². The first kappa shape index (κ1) is 18.8. The van der Waals surface area contributed by atoms with Crippen LogP contribution in [0.15, 0.2) is 48.9 Å². The largest absolute Gasteiger partial charge is 0.461 e. The molecule has 0 saturated heterocycles. The summed E-state index contributed by atoms with van der Waals surface area (Å²) in [6.07, 6.45) is 5.52. The van der Waals surface area contributed by atoms with Gasteiger partial charge in [-0.2, -0.15) is 5.10 Å².